The number of carboxylic acids is 3. The largest absolute Gasteiger partial charge is 0.481 e. The van der Waals surface area contributed by atoms with E-state index in [-0.39, 0.29) is 17.8 Å². The van der Waals surface area contributed by atoms with Crippen LogP contribution in [0.3, 0.4) is 0 Å². The molecule has 3 aromatic rings. The lowest BCUT2D eigenvalue weighted by Gasteiger charge is -2.25. The van der Waals surface area contributed by atoms with E-state index in [1.807, 2.05) is 36.4 Å². The highest BCUT2D eigenvalue weighted by Gasteiger charge is 2.33. The minimum atomic E-state index is -0.746. The Hall–Kier alpha value is -4.09. The highest BCUT2D eigenvalue weighted by atomic mass is 16.4. The monoisotopic (exact) mass is 710 g/mol. The molecule has 0 amide bonds. The van der Waals surface area contributed by atoms with Crippen LogP contribution in [-0.4, -0.2) is 77.4 Å². The molecule has 3 heterocycles. The van der Waals surface area contributed by atoms with Crippen LogP contribution < -0.4 is 16.0 Å². The van der Waals surface area contributed by atoms with Gasteiger partial charge >= 0.3 is 17.9 Å². The Morgan fingerprint density at radius 2 is 0.808 bits per heavy atom. The van der Waals surface area contributed by atoms with Crippen LogP contribution >= 0.6 is 0 Å². The first kappa shape index (κ1) is 37.7. The number of carboxylic acid groups (broad SMARTS) is 3. The number of aliphatic carboxylic acids is 3. The molecule has 3 fully saturated rings. The fourth-order valence-corrected chi connectivity index (χ4v) is 8.70. The van der Waals surface area contributed by atoms with E-state index >= 15 is 0 Å². The van der Waals surface area contributed by atoms with Gasteiger partial charge in [-0.1, -0.05) is 72.8 Å². The van der Waals surface area contributed by atoms with Gasteiger partial charge in [-0.3, -0.25) is 19.3 Å². The zero-order chi connectivity index (χ0) is 36.5. The molecule has 10 nitrogen and oxygen atoms in total. The molecule has 0 bridgehead atoms. The van der Waals surface area contributed by atoms with Crippen LogP contribution in [0.15, 0.2) is 72.8 Å². The molecular formula is C42H54N4O6. The van der Waals surface area contributed by atoms with E-state index in [9.17, 15) is 29.7 Å². The van der Waals surface area contributed by atoms with E-state index in [1.165, 1.54) is 0 Å². The minimum absolute atomic E-state index is 0.119. The quantitative estimate of drug-likeness (QED) is 0.112. The maximum atomic E-state index is 12.3. The lowest BCUT2D eigenvalue weighted by atomic mass is 9.85. The molecule has 3 aromatic carbocycles. The number of nitrogens with zero attached hydrogens (tertiary/aromatic N) is 1. The molecule has 0 radical (unpaired) electrons. The zero-order valence-corrected chi connectivity index (χ0v) is 30.0. The second-order valence-corrected chi connectivity index (χ2v) is 15.3. The summed E-state index contributed by atoms with van der Waals surface area (Å²) in [6.45, 7) is 6.65. The van der Waals surface area contributed by atoms with Crippen LogP contribution in [0.1, 0.15) is 52.6 Å². The lowest BCUT2D eigenvalue weighted by molar-refractivity contribution is -0.144. The molecule has 3 aliphatic heterocycles. The van der Waals surface area contributed by atoms with Gasteiger partial charge in [0, 0.05) is 19.6 Å². The topological polar surface area (TPSA) is 151 Å². The maximum Gasteiger partial charge on any atom is 0.307 e. The molecule has 0 spiro atoms. The molecule has 0 saturated carbocycles. The highest BCUT2D eigenvalue weighted by Crippen LogP contribution is 2.28. The van der Waals surface area contributed by atoms with Crippen LogP contribution in [0.4, 0.5) is 0 Å². The van der Waals surface area contributed by atoms with Gasteiger partial charge in [-0.25, -0.2) is 0 Å². The van der Waals surface area contributed by atoms with Crippen molar-refractivity contribution in [2.45, 2.75) is 58.2 Å². The minimum Gasteiger partial charge on any atom is -0.481 e. The van der Waals surface area contributed by atoms with E-state index in [4.69, 9.17) is 0 Å². The standard InChI is InChI=1S/C42H54N4O6/c47-40(48)37(34-10-13-43-22-34)19-28-4-1-7-31(16-28)25-46(26-32-8-2-5-29(17-32)20-38(41(49)50)35-11-14-44-23-35)27-33-9-3-6-30(18-33)21-39(42(51)52)36-12-15-45-24-36/h1-9,16-18,34-39,43-45H,10-15,19-27H2,(H,47,48)(H,49,50)(H,51,52)/t34-,35-,36+,37-,38-,39-/m0/s1. The van der Waals surface area contributed by atoms with Crippen LogP contribution in [-0.2, 0) is 53.3 Å². The first-order chi connectivity index (χ1) is 25.2. The third-order valence-corrected chi connectivity index (χ3v) is 11.5. The van der Waals surface area contributed by atoms with Crippen molar-refractivity contribution in [1.29, 1.82) is 0 Å². The van der Waals surface area contributed by atoms with Crippen LogP contribution in [0, 0.1) is 35.5 Å². The van der Waals surface area contributed by atoms with Crippen molar-refractivity contribution in [2.75, 3.05) is 39.3 Å². The molecule has 3 aliphatic rings. The van der Waals surface area contributed by atoms with Crippen molar-refractivity contribution in [3.8, 4) is 0 Å². The molecule has 6 atom stereocenters. The van der Waals surface area contributed by atoms with Crippen LogP contribution in [0.25, 0.3) is 0 Å². The van der Waals surface area contributed by atoms with E-state index in [1.54, 1.807) is 0 Å². The summed E-state index contributed by atoms with van der Waals surface area (Å²) in [5.74, 6) is -3.18. The van der Waals surface area contributed by atoms with Gasteiger partial charge in [0.05, 0.1) is 17.8 Å². The normalized spacial score (nSPS) is 22.0. The summed E-state index contributed by atoms with van der Waals surface area (Å²) in [6.07, 6.45) is 4.08. The van der Waals surface area contributed by atoms with Gasteiger partial charge < -0.3 is 31.3 Å². The number of benzene rings is 3. The third kappa shape index (κ3) is 10.3. The van der Waals surface area contributed by atoms with Crippen molar-refractivity contribution in [1.82, 2.24) is 20.9 Å². The molecule has 6 rings (SSSR count). The Bertz CT molecular complexity index is 1470. The van der Waals surface area contributed by atoms with Gasteiger partial charge in [-0.05, 0) is 129 Å². The van der Waals surface area contributed by atoms with Gasteiger partial charge in [-0.2, -0.15) is 0 Å². The zero-order valence-electron chi connectivity index (χ0n) is 30.0. The third-order valence-electron chi connectivity index (χ3n) is 11.5. The Morgan fingerprint density at radius 3 is 1.06 bits per heavy atom. The van der Waals surface area contributed by atoms with Crippen molar-refractivity contribution < 1.29 is 29.7 Å². The van der Waals surface area contributed by atoms with Gasteiger partial charge in [0.1, 0.15) is 0 Å². The summed E-state index contributed by atoms with van der Waals surface area (Å²) >= 11 is 0. The first-order valence-electron chi connectivity index (χ1n) is 19.0. The number of hydrogen-bond donors (Lipinski definition) is 6. The van der Waals surface area contributed by atoms with E-state index in [0.717, 1.165) is 91.9 Å². The van der Waals surface area contributed by atoms with E-state index < -0.39 is 35.7 Å². The average molecular weight is 711 g/mol. The molecule has 6 N–H and O–H groups in total. The lowest BCUT2D eigenvalue weighted by Crippen LogP contribution is -2.28. The Morgan fingerprint density at radius 1 is 0.519 bits per heavy atom. The highest BCUT2D eigenvalue weighted by molar-refractivity contribution is 5.72. The Kier molecular flexibility index (Phi) is 13.1. The SMILES string of the molecule is O=C(O)[C@@H](Cc1cccc(CN(Cc2cccc(C[C@H](C(=O)O)[C@H]3CCNC3)c2)Cc2cccc(C[C@H](C(=O)O)[C@H]3CCNC3)c2)c1)[C@@H]1CCNC1. The summed E-state index contributed by atoms with van der Waals surface area (Å²) in [5, 5.41) is 40.1. The predicted molar refractivity (Wildman–Crippen MR) is 200 cm³/mol. The smallest absolute Gasteiger partial charge is 0.307 e. The second-order valence-electron chi connectivity index (χ2n) is 15.3. The second kappa shape index (κ2) is 18.1. The summed E-state index contributed by atoms with van der Waals surface area (Å²) in [4.78, 5) is 39.2. The molecule has 0 unspecified atom stereocenters. The summed E-state index contributed by atoms with van der Waals surface area (Å²) < 4.78 is 0. The molecule has 3 saturated heterocycles. The number of nitrogens with one attached hydrogen (secondary N) is 3. The number of hydrogen-bond acceptors (Lipinski definition) is 7. The average Bonchev–Trinajstić information content (AvgIpc) is 3.94. The van der Waals surface area contributed by atoms with Gasteiger partial charge in [-0.15, -0.1) is 0 Å². The summed E-state index contributed by atoms with van der Waals surface area (Å²) in [6, 6.07) is 24.8. The van der Waals surface area contributed by atoms with Crippen molar-refractivity contribution in [3.05, 3.63) is 106 Å². The van der Waals surface area contributed by atoms with Crippen LogP contribution in [0.5, 0.6) is 0 Å². The van der Waals surface area contributed by atoms with E-state index in [0.29, 0.717) is 38.9 Å². The molecule has 52 heavy (non-hydrogen) atoms. The van der Waals surface area contributed by atoms with E-state index in [2.05, 4.69) is 57.2 Å². The van der Waals surface area contributed by atoms with Gasteiger partial charge in [0.25, 0.3) is 0 Å². The van der Waals surface area contributed by atoms with Gasteiger partial charge in [0.15, 0.2) is 0 Å². The van der Waals surface area contributed by atoms with Crippen molar-refractivity contribution in [2.24, 2.45) is 35.5 Å². The first-order valence-corrected chi connectivity index (χ1v) is 19.0. The molecule has 0 aliphatic carbocycles. The number of carbonyl (C=O) groups is 3. The molecule has 10 heteroatoms. The molecule has 278 valence electrons. The molecular weight excluding hydrogens is 656 g/mol. The van der Waals surface area contributed by atoms with Gasteiger partial charge in [0.2, 0.25) is 0 Å². The fraction of sp³-hybridized carbons (Fsp3) is 0.500. The molecule has 0 aromatic heterocycles. The van der Waals surface area contributed by atoms with Crippen LogP contribution in [0.2, 0.25) is 0 Å². The Balaban J connectivity index is 1.22. The van der Waals surface area contributed by atoms with Crippen molar-refractivity contribution in [3.63, 3.8) is 0 Å². The van der Waals surface area contributed by atoms with Crippen molar-refractivity contribution >= 4 is 17.9 Å². The Labute approximate surface area is 307 Å². The fourth-order valence-electron chi connectivity index (χ4n) is 8.70. The summed E-state index contributed by atoms with van der Waals surface area (Å²) in [7, 11) is 0. The predicted octanol–water partition coefficient (Wildman–Crippen LogP) is 4.45. The summed E-state index contributed by atoms with van der Waals surface area (Å²) in [5.41, 5.74) is 6.34. The number of rotatable bonds is 18. The maximum absolute atomic E-state index is 12.3.